The van der Waals surface area contributed by atoms with Gasteiger partial charge in [-0.05, 0) is 31.2 Å². The fourth-order valence-electron chi connectivity index (χ4n) is 2.24. The summed E-state index contributed by atoms with van der Waals surface area (Å²) in [6, 6.07) is 9.78. The van der Waals surface area contributed by atoms with Crippen molar-refractivity contribution < 1.29 is 14.2 Å². The van der Waals surface area contributed by atoms with Gasteiger partial charge in [0.05, 0.1) is 17.6 Å². The maximum absolute atomic E-state index is 11.1. The molecule has 7 nitrogen and oxygen atoms in total. The smallest absolute Gasteiger partial charge is 0.273 e. The van der Waals surface area contributed by atoms with Gasteiger partial charge in [0.15, 0.2) is 0 Å². The first-order valence-electron chi connectivity index (χ1n) is 6.92. The molecule has 3 rings (SSSR count). The van der Waals surface area contributed by atoms with Crippen LogP contribution in [0.3, 0.4) is 0 Å². The van der Waals surface area contributed by atoms with Gasteiger partial charge in [-0.25, -0.2) is 0 Å². The van der Waals surface area contributed by atoms with Gasteiger partial charge in [-0.2, -0.15) is 4.98 Å². The summed E-state index contributed by atoms with van der Waals surface area (Å²) in [5.74, 6) is 1.00. The maximum Gasteiger partial charge on any atom is 0.273 e. The van der Waals surface area contributed by atoms with Crippen LogP contribution in [-0.2, 0) is 0 Å². The fourth-order valence-corrected chi connectivity index (χ4v) is 2.42. The first kappa shape index (κ1) is 15.9. The lowest BCUT2D eigenvalue weighted by Gasteiger charge is -2.04. The van der Waals surface area contributed by atoms with Crippen LogP contribution in [0.15, 0.2) is 40.9 Å². The van der Waals surface area contributed by atoms with Gasteiger partial charge < -0.3 is 9.26 Å². The summed E-state index contributed by atoms with van der Waals surface area (Å²) in [6.07, 6.45) is 0. The van der Waals surface area contributed by atoms with Crippen molar-refractivity contribution in [2.24, 2.45) is 0 Å². The fraction of sp³-hybridized carbons (Fsp3) is 0.125. The number of hydrogen-bond donors (Lipinski definition) is 0. The van der Waals surface area contributed by atoms with Crippen LogP contribution >= 0.6 is 11.6 Å². The Morgan fingerprint density at radius 1 is 1.25 bits per heavy atom. The van der Waals surface area contributed by atoms with Gasteiger partial charge in [0.1, 0.15) is 5.75 Å². The monoisotopic (exact) mass is 345 g/mol. The van der Waals surface area contributed by atoms with Gasteiger partial charge in [0.2, 0.25) is 5.82 Å². The molecule has 0 unspecified atom stereocenters. The largest absolute Gasteiger partial charge is 0.496 e. The van der Waals surface area contributed by atoms with E-state index in [4.69, 9.17) is 20.9 Å². The van der Waals surface area contributed by atoms with Gasteiger partial charge in [-0.3, -0.25) is 10.1 Å². The van der Waals surface area contributed by atoms with Crippen molar-refractivity contribution in [3.63, 3.8) is 0 Å². The highest BCUT2D eigenvalue weighted by Crippen LogP contribution is 2.33. The van der Waals surface area contributed by atoms with E-state index in [0.717, 1.165) is 0 Å². The summed E-state index contributed by atoms with van der Waals surface area (Å²) in [7, 11) is 1.52. The number of nitro groups is 1. The molecule has 3 aromatic rings. The average Bonchev–Trinajstić information content (AvgIpc) is 3.04. The third-order valence-electron chi connectivity index (χ3n) is 3.48. The lowest BCUT2D eigenvalue weighted by Crippen LogP contribution is -1.92. The molecule has 0 saturated heterocycles. The first-order chi connectivity index (χ1) is 11.5. The molecule has 1 heterocycles. The van der Waals surface area contributed by atoms with E-state index >= 15 is 0 Å². The topological polar surface area (TPSA) is 91.3 Å². The quantitative estimate of drug-likeness (QED) is 0.517. The molecule has 0 atom stereocenters. The first-order valence-corrected chi connectivity index (χ1v) is 7.30. The number of methoxy groups -OCH3 is 1. The highest BCUT2D eigenvalue weighted by atomic mass is 35.5. The van der Waals surface area contributed by atoms with Crippen molar-refractivity contribution in [3.05, 3.63) is 57.1 Å². The molecule has 0 fully saturated rings. The van der Waals surface area contributed by atoms with Gasteiger partial charge in [0.25, 0.3) is 11.6 Å². The predicted molar refractivity (Wildman–Crippen MR) is 88.1 cm³/mol. The lowest BCUT2D eigenvalue weighted by molar-refractivity contribution is -0.385. The Balaban J connectivity index is 2.05. The molecule has 0 saturated carbocycles. The van der Waals surface area contributed by atoms with Crippen LogP contribution in [0.2, 0.25) is 5.02 Å². The normalized spacial score (nSPS) is 10.6. The van der Waals surface area contributed by atoms with Crippen molar-refractivity contribution in [2.75, 3.05) is 7.11 Å². The minimum absolute atomic E-state index is 0.00686. The van der Waals surface area contributed by atoms with Crippen LogP contribution in [-0.4, -0.2) is 22.2 Å². The Labute approximate surface area is 142 Å². The number of nitro benzene ring substituents is 1. The number of rotatable bonds is 4. The van der Waals surface area contributed by atoms with E-state index in [2.05, 4.69) is 10.1 Å². The van der Waals surface area contributed by atoms with Crippen LogP contribution in [0.4, 0.5) is 5.69 Å². The summed E-state index contributed by atoms with van der Waals surface area (Å²) in [5, 5.41) is 15.5. The minimum Gasteiger partial charge on any atom is -0.496 e. The Morgan fingerprint density at radius 3 is 2.75 bits per heavy atom. The summed E-state index contributed by atoms with van der Waals surface area (Å²) < 4.78 is 10.5. The van der Waals surface area contributed by atoms with E-state index in [0.29, 0.717) is 27.5 Å². The highest BCUT2D eigenvalue weighted by Gasteiger charge is 2.18. The summed E-state index contributed by atoms with van der Waals surface area (Å²) in [5.41, 5.74) is 1.58. The molecule has 0 amide bonds. The van der Waals surface area contributed by atoms with Crippen LogP contribution in [0.5, 0.6) is 5.75 Å². The Hall–Kier alpha value is -2.93. The Bertz CT molecular complexity index is 923. The predicted octanol–water partition coefficient (Wildman–Crippen LogP) is 4.28. The second-order valence-corrected chi connectivity index (χ2v) is 5.46. The number of aromatic nitrogens is 2. The van der Waals surface area contributed by atoms with Gasteiger partial charge in [-0.1, -0.05) is 22.8 Å². The van der Waals surface area contributed by atoms with Crippen molar-refractivity contribution in [3.8, 4) is 28.6 Å². The van der Waals surface area contributed by atoms with Crippen molar-refractivity contribution in [1.29, 1.82) is 0 Å². The third kappa shape index (κ3) is 2.93. The molecule has 0 spiro atoms. The number of benzene rings is 2. The molecule has 0 N–H and O–H groups in total. The van der Waals surface area contributed by atoms with Gasteiger partial charge in [0, 0.05) is 22.2 Å². The van der Waals surface area contributed by atoms with E-state index in [-0.39, 0.29) is 17.4 Å². The van der Waals surface area contributed by atoms with Crippen molar-refractivity contribution in [2.45, 2.75) is 6.92 Å². The molecule has 0 aliphatic carbocycles. The zero-order valence-electron chi connectivity index (χ0n) is 12.8. The second-order valence-electron chi connectivity index (χ2n) is 5.03. The van der Waals surface area contributed by atoms with Crippen molar-refractivity contribution >= 4 is 17.3 Å². The molecule has 2 aromatic carbocycles. The number of nitrogens with zero attached hydrogens (tertiary/aromatic N) is 3. The molecular weight excluding hydrogens is 334 g/mol. The van der Waals surface area contributed by atoms with E-state index in [1.807, 2.05) is 0 Å². The minimum atomic E-state index is -0.448. The molecule has 24 heavy (non-hydrogen) atoms. The van der Waals surface area contributed by atoms with E-state index in [9.17, 15) is 10.1 Å². The number of aryl methyl sites for hydroxylation is 1. The number of halogens is 1. The van der Waals surface area contributed by atoms with Gasteiger partial charge in [-0.15, -0.1) is 0 Å². The van der Waals surface area contributed by atoms with E-state index < -0.39 is 4.92 Å². The molecule has 0 aliphatic rings. The molecule has 8 heteroatoms. The SMILES string of the molecule is COc1ccc(Cl)cc1-c1noc(-c2ccc(C)c([N+](=O)[O-])c2)n1. The Kier molecular flexibility index (Phi) is 4.18. The molecule has 122 valence electrons. The van der Waals surface area contributed by atoms with Crippen LogP contribution in [0.1, 0.15) is 5.56 Å². The summed E-state index contributed by atoms with van der Waals surface area (Å²) in [4.78, 5) is 14.9. The Morgan fingerprint density at radius 2 is 2.04 bits per heavy atom. The average molecular weight is 346 g/mol. The van der Waals surface area contributed by atoms with Crippen LogP contribution in [0.25, 0.3) is 22.8 Å². The van der Waals surface area contributed by atoms with Gasteiger partial charge >= 0.3 is 0 Å². The molecule has 0 bridgehead atoms. The number of hydrogen-bond acceptors (Lipinski definition) is 6. The standard InChI is InChI=1S/C16H12ClN3O4/c1-9-3-4-10(7-13(9)20(21)22)16-18-15(19-24-16)12-8-11(17)5-6-14(12)23-2/h3-8H,1-2H3. The van der Waals surface area contributed by atoms with Crippen LogP contribution in [0, 0.1) is 17.0 Å². The third-order valence-corrected chi connectivity index (χ3v) is 3.72. The maximum atomic E-state index is 11.1. The molecular formula is C16H12ClN3O4. The molecule has 0 aliphatic heterocycles. The molecule has 0 radical (unpaired) electrons. The highest BCUT2D eigenvalue weighted by molar-refractivity contribution is 6.30. The second kappa shape index (κ2) is 6.29. The zero-order valence-corrected chi connectivity index (χ0v) is 13.6. The molecule has 1 aromatic heterocycles. The van der Waals surface area contributed by atoms with Crippen molar-refractivity contribution in [1.82, 2.24) is 10.1 Å². The zero-order chi connectivity index (χ0) is 17.3. The summed E-state index contributed by atoms with van der Waals surface area (Å²) in [6.45, 7) is 1.66. The number of ether oxygens (including phenoxy) is 1. The van der Waals surface area contributed by atoms with Crippen LogP contribution < -0.4 is 4.74 Å². The summed E-state index contributed by atoms with van der Waals surface area (Å²) >= 11 is 6.00. The van der Waals surface area contributed by atoms with E-state index in [1.54, 1.807) is 37.3 Å². The van der Waals surface area contributed by atoms with E-state index in [1.165, 1.54) is 13.2 Å². The lowest BCUT2D eigenvalue weighted by atomic mass is 10.1.